The molecular formula is C12H19N3O2S. The fourth-order valence-corrected chi connectivity index (χ4v) is 3.17. The Balaban J connectivity index is 2.03. The molecule has 0 spiro atoms. The second-order valence-electron chi connectivity index (χ2n) is 4.52. The average Bonchev–Trinajstić information content (AvgIpc) is 2.82. The van der Waals surface area contributed by atoms with Crippen molar-refractivity contribution in [2.45, 2.75) is 26.2 Å². The van der Waals surface area contributed by atoms with Gasteiger partial charge >= 0.3 is 0 Å². The number of pyridine rings is 1. The molecule has 1 aliphatic heterocycles. The summed E-state index contributed by atoms with van der Waals surface area (Å²) in [5, 5.41) is 0. The van der Waals surface area contributed by atoms with E-state index in [0.29, 0.717) is 12.2 Å². The smallest absolute Gasteiger partial charge is 0.233 e. The van der Waals surface area contributed by atoms with Gasteiger partial charge in [0.15, 0.2) is 0 Å². The number of nitrogens with one attached hydrogen (secondary N) is 1. The first-order chi connectivity index (χ1) is 8.61. The quantitative estimate of drug-likeness (QED) is 0.886. The maximum atomic E-state index is 11.6. The van der Waals surface area contributed by atoms with Crippen LogP contribution in [0.5, 0.6) is 0 Å². The van der Waals surface area contributed by atoms with E-state index in [9.17, 15) is 8.42 Å². The number of rotatable bonds is 5. The molecule has 1 N–H and O–H groups in total. The van der Waals surface area contributed by atoms with Gasteiger partial charge in [-0.1, -0.05) is 6.92 Å². The van der Waals surface area contributed by atoms with Crippen LogP contribution in [0.1, 0.15) is 26.2 Å². The molecule has 0 unspecified atom stereocenters. The highest BCUT2D eigenvalue weighted by molar-refractivity contribution is 7.92. The summed E-state index contributed by atoms with van der Waals surface area (Å²) in [6, 6.07) is 3.64. The van der Waals surface area contributed by atoms with Crippen LogP contribution in [-0.2, 0) is 10.0 Å². The zero-order valence-corrected chi connectivity index (χ0v) is 11.4. The van der Waals surface area contributed by atoms with Gasteiger partial charge < -0.3 is 4.90 Å². The molecule has 0 aliphatic carbocycles. The molecule has 100 valence electrons. The highest BCUT2D eigenvalue weighted by atomic mass is 32.2. The Hall–Kier alpha value is -1.30. The number of hydrogen-bond donors (Lipinski definition) is 1. The van der Waals surface area contributed by atoms with Crippen LogP contribution in [0.2, 0.25) is 0 Å². The predicted molar refractivity (Wildman–Crippen MR) is 73.4 cm³/mol. The summed E-state index contributed by atoms with van der Waals surface area (Å²) in [6.07, 6.45) is 4.76. The molecule has 1 aromatic heterocycles. The molecule has 6 heteroatoms. The van der Waals surface area contributed by atoms with Crippen molar-refractivity contribution in [2.75, 3.05) is 28.5 Å². The third kappa shape index (κ3) is 3.35. The second-order valence-corrected chi connectivity index (χ2v) is 6.36. The number of nitrogens with zero attached hydrogens (tertiary/aromatic N) is 2. The summed E-state index contributed by atoms with van der Waals surface area (Å²) in [7, 11) is -3.24. The van der Waals surface area contributed by atoms with Gasteiger partial charge in [0.2, 0.25) is 10.0 Å². The summed E-state index contributed by atoms with van der Waals surface area (Å²) in [6.45, 7) is 3.95. The molecule has 1 aromatic rings. The number of hydrogen-bond acceptors (Lipinski definition) is 4. The van der Waals surface area contributed by atoms with Gasteiger partial charge in [-0.15, -0.1) is 0 Å². The van der Waals surface area contributed by atoms with Crippen molar-refractivity contribution < 1.29 is 8.42 Å². The maximum absolute atomic E-state index is 11.6. The SMILES string of the molecule is CCCS(=O)(=O)Nc1ccc(N2CCCC2)cn1. The molecule has 0 bridgehead atoms. The third-order valence-electron chi connectivity index (χ3n) is 2.95. The zero-order chi connectivity index (χ0) is 13.0. The van der Waals surface area contributed by atoms with Crippen LogP contribution < -0.4 is 9.62 Å². The van der Waals surface area contributed by atoms with E-state index in [4.69, 9.17) is 0 Å². The largest absolute Gasteiger partial charge is 0.370 e. The van der Waals surface area contributed by atoms with Gasteiger partial charge in [-0.2, -0.15) is 0 Å². The van der Waals surface area contributed by atoms with Gasteiger partial charge in [0.25, 0.3) is 0 Å². The second kappa shape index (κ2) is 5.56. The Morgan fingerprint density at radius 2 is 2.06 bits per heavy atom. The molecule has 0 atom stereocenters. The Bertz CT molecular complexity index is 479. The van der Waals surface area contributed by atoms with Gasteiger partial charge in [-0.05, 0) is 31.4 Å². The topological polar surface area (TPSA) is 62.3 Å². The molecule has 0 amide bonds. The highest BCUT2D eigenvalue weighted by Crippen LogP contribution is 2.20. The van der Waals surface area contributed by atoms with E-state index in [-0.39, 0.29) is 5.75 Å². The molecule has 2 rings (SSSR count). The van der Waals surface area contributed by atoms with Crippen molar-refractivity contribution >= 4 is 21.5 Å². The van der Waals surface area contributed by atoms with Gasteiger partial charge in [0, 0.05) is 13.1 Å². The van der Waals surface area contributed by atoms with Gasteiger partial charge in [-0.3, -0.25) is 4.72 Å². The fourth-order valence-electron chi connectivity index (χ4n) is 2.09. The minimum atomic E-state index is -3.24. The van der Waals surface area contributed by atoms with Crippen LogP contribution in [0.15, 0.2) is 18.3 Å². The Labute approximate surface area is 108 Å². The van der Waals surface area contributed by atoms with E-state index in [1.165, 1.54) is 12.8 Å². The van der Waals surface area contributed by atoms with Crippen molar-refractivity contribution in [1.29, 1.82) is 0 Å². The average molecular weight is 269 g/mol. The van der Waals surface area contributed by atoms with Gasteiger partial charge in [-0.25, -0.2) is 13.4 Å². The van der Waals surface area contributed by atoms with Gasteiger partial charge in [0.05, 0.1) is 17.6 Å². The first-order valence-corrected chi connectivity index (χ1v) is 7.97. The van der Waals surface area contributed by atoms with E-state index in [1.807, 2.05) is 13.0 Å². The van der Waals surface area contributed by atoms with Crippen molar-refractivity contribution in [3.63, 3.8) is 0 Å². The van der Waals surface area contributed by atoms with Crippen LogP contribution in [-0.4, -0.2) is 32.2 Å². The number of anilines is 2. The molecule has 1 fully saturated rings. The minimum absolute atomic E-state index is 0.128. The Kier molecular flexibility index (Phi) is 4.06. The molecule has 18 heavy (non-hydrogen) atoms. The monoisotopic (exact) mass is 269 g/mol. The number of aromatic nitrogens is 1. The first-order valence-electron chi connectivity index (χ1n) is 6.32. The lowest BCUT2D eigenvalue weighted by Gasteiger charge is -2.17. The zero-order valence-electron chi connectivity index (χ0n) is 10.6. The third-order valence-corrected chi connectivity index (χ3v) is 4.42. The molecule has 0 aromatic carbocycles. The Morgan fingerprint density at radius 3 is 2.61 bits per heavy atom. The normalized spacial score (nSPS) is 15.9. The van der Waals surface area contributed by atoms with Gasteiger partial charge in [0.1, 0.15) is 5.82 Å². The van der Waals surface area contributed by atoms with Crippen molar-refractivity contribution in [2.24, 2.45) is 0 Å². The Morgan fingerprint density at radius 1 is 1.33 bits per heavy atom. The summed E-state index contributed by atoms with van der Waals surface area (Å²) in [5.41, 5.74) is 1.06. The molecular weight excluding hydrogens is 250 g/mol. The van der Waals surface area contributed by atoms with Crippen molar-refractivity contribution in [1.82, 2.24) is 4.98 Å². The molecule has 0 saturated carbocycles. The standard InChI is InChI=1S/C12H19N3O2S/c1-2-9-18(16,17)14-12-6-5-11(10-13-12)15-7-3-4-8-15/h5-6,10H,2-4,7-9H2,1H3,(H,13,14). The molecule has 5 nitrogen and oxygen atoms in total. The van der Waals surface area contributed by atoms with Crippen LogP contribution in [0.25, 0.3) is 0 Å². The predicted octanol–water partition coefficient (Wildman–Crippen LogP) is 1.83. The van der Waals surface area contributed by atoms with Crippen molar-refractivity contribution in [3.05, 3.63) is 18.3 Å². The van der Waals surface area contributed by atoms with Crippen LogP contribution in [0.3, 0.4) is 0 Å². The summed E-state index contributed by atoms with van der Waals surface area (Å²) in [4.78, 5) is 6.42. The minimum Gasteiger partial charge on any atom is -0.370 e. The summed E-state index contributed by atoms with van der Waals surface area (Å²) >= 11 is 0. The van der Waals surface area contributed by atoms with E-state index in [0.717, 1.165) is 18.8 Å². The lowest BCUT2D eigenvalue weighted by atomic mass is 10.4. The van der Waals surface area contributed by atoms with E-state index in [1.54, 1.807) is 12.3 Å². The van der Waals surface area contributed by atoms with E-state index < -0.39 is 10.0 Å². The van der Waals surface area contributed by atoms with Crippen LogP contribution in [0.4, 0.5) is 11.5 Å². The highest BCUT2D eigenvalue weighted by Gasteiger charge is 2.13. The number of sulfonamides is 1. The summed E-state index contributed by atoms with van der Waals surface area (Å²) < 4.78 is 25.6. The van der Waals surface area contributed by atoms with Crippen molar-refractivity contribution in [3.8, 4) is 0 Å². The summed E-state index contributed by atoms with van der Waals surface area (Å²) in [5.74, 6) is 0.522. The molecule has 0 radical (unpaired) electrons. The van der Waals surface area contributed by atoms with Crippen LogP contribution >= 0.6 is 0 Å². The van der Waals surface area contributed by atoms with Crippen LogP contribution in [0, 0.1) is 0 Å². The van der Waals surface area contributed by atoms with E-state index >= 15 is 0 Å². The fraction of sp³-hybridized carbons (Fsp3) is 0.583. The molecule has 2 heterocycles. The maximum Gasteiger partial charge on any atom is 0.233 e. The molecule has 1 aliphatic rings. The lowest BCUT2D eigenvalue weighted by Crippen LogP contribution is -2.19. The van der Waals surface area contributed by atoms with E-state index in [2.05, 4.69) is 14.6 Å². The molecule has 1 saturated heterocycles. The first kappa shape index (κ1) is 13.1. The lowest BCUT2D eigenvalue weighted by molar-refractivity contribution is 0.599.